The highest BCUT2D eigenvalue weighted by Crippen LogP contribution is 2.17. The van der Waals surface area contributed by atoms with E-state index in [1.807, 2.05) is 69.4 Å². The summed E-state index contributed by atoms with van der Waals surface area (Å²) < 4.78 is 5.41. The number of aryl methyl sites for hydroxylation is 2. The second-order valence-corrected chi connectivity index (χ2v) is 9.32. The minimum atomic E-state index is -0.554. The van der Waals surface area contributed by atoms with Gasteiger partial charge in [-0.2, -0.15) is 0 Å². The van der Waals surface area contributed by atoms with Crippen LogP contribution in [0.15, 0.2) is 60.8 Å². The smallest absolute Gasteiger partial charge is 0.415 e. The van der Waals surface area contributed by atoms with Gasteiger partial charge in [-0.1, -0.05) is 18.2 Å². The maximum absolute atomic E-state index is 12.3. The third-order valence-electron chi connectivity index (χ3n) is 5.11. The summed E-state index contributed by atoms with van der Waals surface area (Å²) in [5.74, 6) is 2.15. The number of pyridine rings is 3. The first-order valence-electron chi connectivity index (χ1n) is 12.1. The van der Waals surface area contributed by atoms with Crippen molar-refractivity contribution in [2.75, 3.05) is 35.7 Å². The molecule has 186 valence electrons. The van der Waals surface area contributed by atoms with Crippen molar-refractivity contribution in [3.8, 4) is 0 Å². The largest absolute Gasteiger partial charge is 0.443 e. The minimum absolute atomic E-state index is 0.432. The normalized spacial score (nSPS) is 11.1. The fraction of sp³-hybridized carbons (Fsp3) is 0.407. The van der Waals surface area contributed by atoms with Gasteiger partial charge in [0.1, 0.15) is 23.1 Å². The summed E-state index contributed by atoms with van der Waals surface area (Å²) in [6.45, 7) is 7.13. The van der Waals surface area contributed by atoms with Crippen LogP contribution >= 0.6 is 0 Å². The van der Waals surface area contributed by atoms with Crippen LogP contribution < -0.4 is 15.5 Å². The molecule has 0 aliphatic heterocycles. The van der Waals surface area contributed by atoms with E-state index in [4.69, 9.17) is 9.72 Å². The molecule has 35 heavy (non-hydrogen) atoms. The second-order valence-electron chi connectivity index (χ2n) is 9.32. The van der Waals surface area contributed by atoms with Crippen LogP contribution in [0.4, 0.5) is 22.2 Å². The fourth-order valence-corrected chi connectivity index (χ4v) is 3.37. The van der Waals surface area contributed by atoms with Crippen LogP contribution in [0.5, 0.6) is 0 Å². The number of anilines is 3. The number of hydrogen-bond acceptors (Lipinski definition) is 7. The number of ether oxygens (including phenoxy) is 1. The zero-order valence-corrected chi connectivity index (χ0v) is 21.1. The molecule has 3 rings (SSSR count). The molecule has 0 unspecified atom stereocenters. The average Bonchev–Trinajstić information content (AvgIpc) is 2.84. The quantitative estimate of drug-likeness (QED) is 0.361. The summed E-state index contributed by atoms with van der Waals surface area (Å²) >= 11 is 0. The standard InChI is InChI=1S/C27H36N6O2/c1-27(2,3)35-26(34)33(4)25-17-8-16-24(32-25)30-20-10-14-22-12-7-15-23(31-22)29-19-9-13-21-11-5-6-18-28-21/h5-8,11-12,15-18H,9-10,13-14,19-20H2,1-4H3,(H,29,31)(H,30,32). The zero-order valence-electron chi connectivity index (χ0n) is 21.1. The van der Waals surface area contributed by atoms with E-state index in [1.165, 1.54) is 4.90 Å². The van der Waals surface area contributed by atoms with Crippen molar-refractivity contribution >= 4 is 23.5 Å². The van der Waals surface area contributed by atoms with Crippen LogP contribution in [0.1, 0.15) is 45.0 Å². The molecule has 0 saturated heterocycles. The molecule has 8 nitrogen and oxygen atoms in total. The minimum Gasteiger partial charge on any atom is -0.443 e. The molecular formula is C27H36N6O2. The van der Waals surface area contributed by atoms with Gasteiger partial charge in [-0.3, -0.25) is 9.88 Å². The lowest BCUT2D eigenvalue weighted by molar-refractivity contribution is 0.0588. The Kier molecular flexibility index (Phi) is 9.40. The van der Waals surface area contributed by atoms with Crippen LogP contribution in [0.25, 0.3) is 0 Å². The first kappa shape index (κ1) is 25.9. The molecule has 3 heterocycles. The monoisotopic (exact) mass is 476 g/mol. The van der Waals surface area contributed by atoms with E-state index in [-0.39, 0.29) is 0 Å². The van der Waals surface area contributed by atoms with Crippen LogP contribution in [-0.4, -0.2) is 46.8 Å². The lowest BCUT2D eigenvalue weighted by atomic mass is 10.2. The molecule has 0 atom stereocenters. The lowest BCUT2D eigenvalue weighted by Crippen LogP contribution is -2.34. The highest BCUT2D eigenvalue weighted by molar-refractivity contribution is 5.86. The Morgan fingerprint density at radius 2 is 1.49 bits per heavy atom. The maximum Gasteiger partial charge on any atom is 0.415 e. The Bertz CT molecular complexity index is 1070. The van der Waals surface area contributed by atoms with Crippen molar-refractivity contribution in [3.05, 3.63) is 72.2 Å². The molecule has 0 saturated carbocycles. The average molecular weight is 477 g/mol. The Morgan fingerprint density at radius 1 is 0.857 bits per heavy atom. The molecule has 0 bridgehead atoms. The van der Waals surface area contributed by atoms with E-state index in [0.29, 0.717) is 11.6 Å². The Morgan fingerprint density at radius 3 is 2.14 bits per heavy atom. The predicted molar refractivity (Wildman–Crippen MR) is 141 cm³/mol. The van der Waals surface area contributed by atoms with Crippen LogP contribution in [0.2, 0.25) is 0 Å². The van der Waals surface area contributed by atoms with E-state index >= 15 is 0 Å². The number of amides is 1. The van der Waals surface area contributed by atoms with E-state index in [1.54, 1.807) is 13.1 Å². The molecule has 0 fully saturated rings. The first-order chi connectivity index (χ1) is 16.8. The van der Waals surface area contributed by atoms with Crippen LogP contribution in [0, 0.1) is 0 Å². The third-order valence-corrected chi connectivity index (χ3v) is 5.11. The SMILES string of the molecule is CN(C(=O)OC(C)(C)C)c1cccc(NCCCc2cccc(NCCCc3ccccn3)n2)n1. The highest BCUT2D eigenvalue weighted by Gasteiger charge is 2.21. The number of carbonyl (C=O) groups excluding carboxylic acids is 1. The van der Waals surface area contributed by atoms with Gasteiger partial charge in [-0.15, -0.1) is 0 Å². The highest BCUT2D eigenvalue weighted by atomic mass is 16.6. The van der Waals surface area contributed by atoms with E-state index < -0.39 is 11.7 Å². The Labute approximate surface area is 208 Å². The summed E-state index contributed by atoms with van der Waals surface area (Å²) in [4.78, 5) is 27.3. The van der Waals surface area contributed by atoms with Gasteiger partial charge >= 0.3 is 6.09 Å². The summed E-state index contributed by atoms with van der Waals surface area (Å²) in [6.07, 6.45) is 5.11. The number of rotatable bonds is 11. The van der Waals surface area contributed by atoms with Crippen molar-refractivity contribution in [2.24, 2.45) is 0 Å². The summed E-state index contributed by atoms with van der Waals surface area (Å²) in [5.41, 5.74) is 1.61. The predicted octanol–water partition coefficient (Wildman–Crippen LogP) is 5.33. The van der Waals surface area contributed by atoms with E-state index in [2.05, 4.69) is 26.7 Å². The van der Waals surface area contributed by atoms with Gasteiger partial charge in [-0.25, -0.2) is 14.8 Å². The molecule has 2 N–H and O–H groups in total. The lowest BCUT2D eigenvalue weighted by Gasteiger charge is -2.24. The number of aromatic nitrogens is 3. The van der Waals surface area contributed by atoms with Crippen molar-refractivity contribution in [1.29, 1.82) is 0 Å². The molecule has 0 aliphatic rings. The molecule has 8 heteroatoms. The molecule has 0 spiro atoms. The van der Waals surface area contributed by atoms with Gasteiger partial charge in [-0.05, 0) is 82.9 Å². The van der Waals surface area contributed by atoms with Crippen LogP contribution in [-0.2, 0) is 17.6 Å². The molecule has 1 amide bonds. The Balaban J connectivity index is 1.40. The number of carbonyl (C=O) groups is 1. The fourth-order valence-electron chi connectivity index (χ4n) is 3.37. The van der Waals surface area contributed by atoms with Gasteiger partial charge in [0.25, 0.3) is 0 Å². The zero-order chi connectivity index (χ0) is 25.1. The molecular weight excluding hydrogens is 440 g/mol. The number of nitrogens with zero attached hydrogens (tertiary/aromatic N) is 4. The molecule has 0 aromatic carbocycles. The van der Waals surface area contributed by atoms with Gasteiger partial charge < -0.3 is 15.4 Å². The third kappa shape index (κ3) is 9.23. The van der Waals surface area contributed by atoms with Crippen molar-refractivity contribution < 1.29 is 9.53 Å². The summed E-state index contributed by atoms with van der Waals surface area (Å²) in [5, 5.41) is 6.73. The summed E-state index contributed by atoms with van der Waals surface area (Å²) in [7, 11) is 1.66. The van der Waals surface area contributed by atoms with Gasteiger partial charge in [0.15, 0.2) is 0 Å². The molecule has 0 aliphatic carbocycles. The summed E-state index contributed by atoms with van der Waals surface area (Å²) in [6, 6.07) is 17.6. The molecule has 3 aromatic heterocycles. The first-order valence-corrected chi connectivity index (χ1v) is 12.1. The number of nitrogens with one attached hydrogen (secondary N) is 2. The topological polar surface area (TPSA) is 92.3 Å². The van der Waals surface area contributed by atoms with Gasteiger partial charge in [0.2, 0.25) is 0 Å². The van der Waals surface area contributed by atoms with E-state index in [0.717, 1.165) is 56.0 Å². The van der Waals surface area contributed by atoms with Crippen LogP contribution in [0.3, 0.4) is 0 Å². The van der Waals surface area contributed by atoms with Crippen molar-refractivity contribution in [1.82, 2.24) is 15.0 Å². The van der Waals surface area contributed by atoms with Gasteiger partial charge in [0.05, 0.1) is 0 Å². The van der Waals surface area contributed by atoms with E-state index in [9.17, 15) is 4.79 Å². The van der Waals surface area contributed by atoms with Gasteiger partial charge in [0, 0.05) is 37.7 Å². The van der Waals surface area contributed by atoms with Crippen molar-refractivity contribution in [2.45, 2.75) is 52.1 Å². The van der Waals surface area contributed by atoms with Crippen molar-refractivity contribution in [3.63, 3.8) is 0 Å². The second kappa shape index (κ2) is 12.7. The maximum atomic E-state index is 12.3. The molecule has 3 aromatic rings. The number of hydrogen-bond donors (Lipinski definition) is 2. The molecule has 0 radical (unpaired) electrons. The Hall–Kier alpha value is -3.68.